The quantitative estimate of drug-likeness (QED) is 0.711. The molecule has 0 saturated carbocycles. The van der Waals surface area contributed by atoms with Gasteiger partial charge in [-0.2, -0.15) is 0 Å². The minimum Gasteiger partial charge on any atom is -0.497 e. The second-order valence-corrected chi connectivity index (χ2v) is 5.27. The van der Waals surface area contributed by atoms with Crippen LogP contribution in [0.1, 0.15) is 11.1 Å². The molecule has 0 radical (unpaired) electrons. The number of aromatic nitrogens is 1. The summed E-state index contributed by atoms with van der Waals surface area (Å²) < 4.78 is 5.22. The summed E-state index contributed by atoms with van der Waals surface area (Å²) >= 11 is 6.10. The van der Waals surface area contributed by atoms with Crippen LogP contribution < -0.4 is 4.74 Å². The maximum Gasteiger partial charge on any atom is 0.198 e. The fraction of sp³-hybridized carbons (Fsp3) is 0.118. The first-order valence-electron chi connectivity index (χ1n) is 6.81. The van der Waals surface area contributed by atoms with Crippen LogP contribution in [-0.4, -0.2) is 23.4 Å². The number of nitrogens with zero attached hydrogens (tertiary/aromatic N) is 1. The Morgan fingerprint density at radius 2 is 2.09 bits per heavy atom. The molecule has 1 heterocycles. The predicted octanol–water partition coefficient (Wildman–Crippen LogP) is 4.15. The topological polar surface area (TPSA) is 57.6 Å². The molecule has 0 spiro atoms. The standard InChI is InChI=1S/C17H15ClN2O2/c1-22-12-6-7-16-13(8-12)14(17(21)20-16)10-19-9-11-4-2-3-5-15(11)18/h2-8,10,20-21H,9H2,1H3. The first-order chi connectivity index (χ1) is 10.7. The van der Waals surface area contributed by atoms with E-state index in [1.165, 1.54) is 0 Å². The normalized spacial score (nSPS) is 11.4. The SMILES string of the molecule is COc1ccc2[nH]c(O)c(C=NCc3ccccc3Cl)c2c1. The predicted molar refractivity (Wildman–Crippen MR) is 89.3 cm³/mol. The van der Waals surface area contributed by atoms with Gasteiger partial charge in [-0.1, -0.05) is 29.8 Å². The van der Waals surface area contributed by atoms with Crippen molar-refractivity contribution in [2.24, 2.45) is 4.99 Å². The third-order valence-electron chi connectivity index (χ3n) is 3.46. The number of fused-ring (bicyclic) bond motifs is 1. The summed E-state index contributed by atoms with van der Waals surface area (Å²) in [4.78, 5) is 7.30. The Bertz CT molecular complexity index is 840. The van der Waals surface area contributed by atoms with Gasteiger partial charge in [-0.05, 0) is 29.8 Å². The van der Waals surface area contributed by atoms with Gasteiger partial charge < -0.3 is 14.8 Å². The highest BCUT2D eigenvalue weighted by Crippen LogP contribution is 2.29. The Hall–Kier alpha value is -2.46. The Balaban J connectivity index is 1.91. The fourth-order valence-corrected chi connectivity index (χ4v) is 2.49. The maximum atomic E-state index is 10.0. The number of hydrogen-bond donors (Lipinski definition) is 2. The fourth-order valence-electron chi connectivity index (χ4n) is 2.30. The van der Waals surface area contributed by atoms with Crippen molar-refractivity contribution in [2.45, 2.75) is 6.54 Å². The highest BCUT2D eigenvalue weighted by atomic mass is 35.5. The summed E-state index contributed by atoms with van der Waals surface area (Å²) in [6.07, 6.45) is 1.65. The lowest BCUT2D eigenvalue weighted by molar-refractivity contribution is 0.415. The van der Waals surface area contributed by atoms with Crippen molar-refractivity contribution in [1.29, 1.82) is 0 Å². The largest absolute Gasteiger partial charge is 0.497 e. The molecular formula is C17H15ClN2O2. The smallest absolute Gasteiger partial charge is 0.198 e. The number of benzene rings is 2. The number of hydrogen-bond acceptors (Lipinski definition) is 3. The van der Waals surface area contributed by atoms with Crippen molar-refractivity contribution in [2.75, 3.05) is 7.11 Å². The molecule has 0 bridgehead atoms. The number of nitrogens with one attached hydrogen (secondary N) is 1. The molecule has 0 saturated heterocycles. The lowest BCUT2D eigenvalue weighted by Gasteiger charge is -2.00. The number of methoxy groups -OCH3 is 1. The average molecular weight is 315 g/mol. The van der Waals surface area contributed by atoms with Gasteiger partial charge in [0.05, 0.1) is 19.2 Å². The molecule has 1 aromatic heterocycles. The highest BCUT2D eigenvalue weighted by Gasteiger charge is 2.09. The summed E-state index contributed by atoms with van der Waals surface area (Å²) in [5.41, 5.74) is 2.41. The minimum absolute atomic E-state index is 0.0890. The second kappa shape index (κ2) is 6.12. The molecular weight excluding hydrogens is 300 g/mol. The molecule has 2 aromatic carbocycles. The Morgan fingerprint density at radius 3 is 2.86 bits per heavy atom. The van der Waals surface area contributed by atoms with Gasteiger partial charge in [-0.25, -0.2) is 0 Å². The van der Waals surface area contributed by atoms with Gasteiger partial charge in [-0.15, -0.1) is 0 Å². The monoisotopic (exact) mass is 314 g/mol. The molecule has 4 nitrogen and oxygen atoms in total. The van der Waals surface area contributed by atoms with Gasteiger partial charge in [0, 0.05) is 22.1 Å². The summed E-state index contributed by atoms with van der Waals surface area (Å²) in [5.74, 6) is 0.818. The van der Waals surface area contributed by atoms with E-state index in [-0.39, 0.29) is 5.88 Å². The number of rotatable bonds is 4. The Labute approximate surface area is 133 Å². The van der Waals surface area contributed by atoms with Crippen molar-refractivity contribution in [3.8, 4) is 11.6 Å². The molecule has 0 unspecified atom stereocenters. The highest BCUT2D eigenvalue weighted by molar-refractivity contribution is 6.31. The molecule has 0 atom stereocenters. The number of ether oxygens (including phenoxy) is 1. The van der Waals surface area contributed by atoms with Gasteiger partial charge in [-0.3, -0.25) is 4.99 Å². The molecule has 0 aliphatic carbocycles. The number of aromatic hydroxyl groups is 1. The zero-order chi connectivity index (χ0) is 15.5. The molecule has 0 aliphatic rings. The van der Waals surface area contributed by atoms with Crippen LogP contribution in [0.2, 0.25) is 5.02 Å². The van der Waals surface area contributed by atoms with Crippen LogP contribution in [0, 0.1) is 0 Å². The van der Waals surface area contributed by atoms with Crippen molar-refractivity contribution < 1.29 is 9.84 Å². The van der Waals surface area contributed by atoms with E-state index in [0.717, 1.165) is 22.2 Å². The third-order valence-corrected chi connectivity index (χ3v) is 3.83. The molecule has 0 aliphatic heterocycles. The van der Waals surface area contributed by atoms with Gasteiger partial charge in [0.25, 0.3) is 0 Å². The molecule has 22 heavy (non-hydrogen) atoms. The van der Waals surface area contributed by atoms with Gasteiger partial charge in [0.2, 0.25) is 0 Å². The van der Waals surface area contributed by atoms with E-state index in [4.69, 9.17) is 16.3 Å². The summed E-state index contributed by atoms with van der Waals surface area (Å²) in [6, 6.07) is 13.1. The van der Waals surface area contributed by atoms with Crippen molar-refractivity contribution in [1.82, 2.24) is 4.98 Å². The lowest BCUT2D eigenvalue weighted by Crippen LogP contribution is -1.86. The Morgan fingerprint density at radius 1 is 1.27 bits per heavy atom. The molecule has 3 aromatic rings. The molecule has 0 amide bonds. The first-order valence-corrected chi connectivity index (χ1v) is 7.18. The van der Waals surface area contributed by atoms with Crippen LogP contribution in [0.5, 0.6) is 11.6 Å². The lowest BCUT2D eigenvalue weighted by atomic mass is 10.1. The van der Waals surface area contributed by atoms with Gasteiger partial charge in [0.1, 0.15) is 5.75 Å². The third kappa shape index (κ3) is 2.78. The van der Waals surface area contributed by atoms with E-state index in [1.807, 2.05) is 42.5 Å². The van der Waals surface area contributed by atoms with Crippen molar-refractivity contribution in [3.05, 3.63) is 58.6 Å². The van der Waals surface area contributed by atoms with E-state index in [2.05, 4.69) is 9.98 Å². The zero-order valence-electron chi connectivity index (χ0n) is 12.0. The number of H-pyrrole nitrogens is 1. The van der Waals surface area contributed by atoms with E-state index in [1.54, 1.807) is 13.3 Å². The van der Waals surface area contributed by atoms with E-state index < -0.39 is 0 Å². The van der Waals surface area contributed by atoms with Gasteiger partial charge in [0.15, 0.2) is 5.88 Å². The van der Waals surface area contributed by atoms with Crippen molar-refractivity contribution in [3.63, 3.8) is 0 Å². The van der Waals surface area contributed by atoms with Crippen LogP contribution >= 0.6 is 11.6 Å². The first kappa shape index (κ1) is 14.5. The molecule has 5 heteroatoms. The molecule has 112 valence electrons. The molecule has 3 rings (SSSR count). The second-order valence-electron chi connectivity index (χ2n) is 4.86. The van der Waals surface area contributed by atoms with Crippen molar-refractivity contribution >= 4 is 28.7 Å². The van der Waals surface area contributed by atoms with Crippen LogP contribution in [0.15, 0.2) is 47.5 Å². The van der Waals surface area contributed by atoms with E-state index in [9.17, 15) is 5.11 Å². The van der Waals surface area contributed by atoms with E-state index >= 15 is 0 Å². The minimum atomic E-state index is 0.0890. The van der Waals surface area contributed by atoms with Gasteiger partial charge >= 0.3 is 0 Å². The van der Waals surface area contributed by atoms with Crippen LogP contribution in [0.25, 0.3) is 10.9 Å². The summed E-state index contributed by atoms with van der Waals surface area (Å²) in [6.45, 7) is 0.454. The summed E-state index contributed by atoms with van der Waals surface area (Å²) in [5, 5.41) is 11.6. The maximum absolute atomic E-state index is 10.0. The van der Waals surface area contributed by atoms with Crippen LogP contribution in [0.3, 0.4) is 0 Å². The Kier molecular flexibility index (Phi) is 4.02. The zero-order valence-corrected chi connectivity index (χ0v) is 12.8. The number of aliphatic imine (C=N–C) groups is 1. The summed E-state index contributed by atoms with van der Waals surface area (Å²) in [7, 11) is 1.61. The van der Waals surface area contributed by atoms with Crippen LogP contribution in [0.4, 0.5) is 0 Å². The number of aromatic amines is 1. The van der Waals surface area contributed by atoms with Crippen LogP contribution in [-0.2, 0) is 6.54 Å². The van der Waals surface area contributed by atoms with E-state index in [0.29, 0.717) is 17.1 Å². The average Bonchev–Trinajstić information content (AvgIpc) is 2.84. The number of halogens is 1. The molecule has 0 fully saturated rings. The molecule has 2 N–H and O–H groups in total.